The maximum atomic E-state index is 14.7. The van der Waals surface area contributed by atoms with E-state index in [9.17, 15) is 18.4 Å². The highest BCUT2D eigenvalue weighted by molar-refractivity contribution is 5.90. The van der Waals surface area contributed by atoms with E-state index in [4.69, 9.17) is 4.74 Å². The summed E-state index contributed by atoms with van der Waals surface area (Å²) in [6.45, 7) is 1.58. The van der Waals surface area contributed by atoms with E-state index in [1.807, 2.05) is 19.0 Å². The maximum Gasteiger partial charge on any atom is 0.414 e. The van der Waals surface area contributed by atoms with E-state index in [1.54, 1.807) is 24.3 Å². The largest absolute Gasteiger partial charge is 0.442 e. The van der Waals surface area contributed by atoms with Gasteiger partial charge in [0.05, 0.1) is 24.3 Å². The Bertz CT molecular complexity index is 877. The molecule has 2 aromatic carbocycles. The number of hydrogen-bond donors (Lipinski definition) is 1. The van der Waals surface area contributed by atoms with Crippen molar-refractivity contribution in [2.45, 2.75) is 13.0 Å². The Hall–Kier alpha value is -3.16. The molecule has 3 rings (SSSR count). The third kappa shape index (κ3) is 4.05. The standard InChI is InChI=1S/C20H21F2N3O3/c1-12(26)23-10-16-11-25(20(27)28-16)15-8-17(21)19(18(22)9-15)13-4-6-14(7-5-13)24(2)3/h4-9,16H,10-11H2,1-3H3,(H,23,26). The van der Waals surface area contributed by atoms with Crippen molar-refractivity contribution in [3.05, 3.63) is 48.0 Å². The molecule has 1 unspecified atom stereocenters. The lowest BCUT2D eigenvalue weighted by Gasteiger charge is -2.16. The van der Waals surface area contributed by atoms with Gasteiger partial charge in [0, 0.05) is 26.7 Å². The van der Waals surface area contributed by atoms with Crippen molar-refractivity contribution in [2.24, 2.45) is 0 Å². The van der Waals surface area contributed by atoms with E-state index >= 15 is 0 Å². The number of nitrogens with one attached hydrogen (secondary N) is 1. The van der Waals surface area contributed by atoms with E-state index in [0.29, 0.717) is 5.56 Å². The first-order valence-corrected chi connectivity index (χ1v) is 8.75. The van der Waals surface area contributed by atoms with Gasteiger partial charge in [0.2, 0.25) is 5.91 Å². The minimum atomic E-state index is -0.772. The second-order valence-electron chi connectivity index (χ2n) is 6.78. The first-order valence-electron chi connectivity index (χ1n) is 8.75. The SMILES string of the molecule is CC(=O)NCC1CN(c2cc(F)c(-c3ccc(N(C)C)cc3)c(F)c2)C(=O)O1. The van der Waals surface area contributed by atoms with Crippen molar-refractivity contribution < 1.29 is 23.1 Å². The molecule has 0 spiro atoms. The third-order valence-corrected chi connectivity index (χ3v) is 4.46. The Morgan fingerprint density at radius 2 is 1.82 bits per heavy atom. The van der Waals surface area contributed by atoms with Crippen LogP contribution in [0, 0.1) is 11.6 Å². The van der Waals surface area contributed by atoms with Gasteiger partial charge in [0.15, 0.2) is 0 Å². The molecular formula is C20H21F2N3O3. The van der Waals surface area contributed by atoms with Gasteiger partial charge in [-0.3, -0.25) is 9.69 Å². The molecule has 0 bridgehead atoms. The van der Waals surface area contributed by atoms with Crippen LogP contribution in [-0.2, 0) is 9.53 Å². The molecular weight excluding hydrogens is 368 g/mol. The van der Waals surface area contributed by atoms with Gasteiger partial charge >= 0.3 is 6.09 Å². The van der Waals surface area contributed by atoms with Crippen LogP contribution in [0.4, 0.5) is 25.0 Å². The molecule has 1 aliphatic rings. The molecule has 8 heteroatoms. The molecule has 0 saturated carbocycles. The van der Waals surface area contributed by atoms with Gasteiger partial charge in [-0.2, -0.15) is 0 Å². The summed E-state index contributed by atoms with van der Waals surface area (Å²) in [5, 5.41) is 2.55. The zero-order chi connectivity index (χ0) is 20.4. The Morgan fingerprint density at radius 1 is 1.21 bits per heavy atom. The van der Waals surface area contributed by atoms with Gasteiger partial charge in [-0.15, -0.1) is 0 Å². The highest BCUT2D eigenvalue weighted by atomic mass is 19.1. The molecule has 2 amide bonds. The predicted octanol–water partition coefficient (Wildman–Crippen LogP) is 3.16. The molecule has 28 heavy (non-hydrogen) atoms. The number of halogens is 2. The summed E-state index contributed by atoms with van der Waals surface area (Å²) in [6, 6.07) is 9.05. The molecule has 6 nitrogen and oxygen atoms in total. The second-order valence-corrected chi connectivity index (χ2v) is 6.78. The number of nitrogens with zero attached hydrogens (tertiary/aromatic N) is 2. The molecule has 1 saturated heterocycles. The zero-order valence-corrected chi connectivity index (χ0v) is 15.8. The number of anilines is 2. The van der Waals surface area contributed by atoms with Crippen molar-refractivity contribution in [2.75, 3.05) is 37.0 Å². The average Bonchev–Trinajstić information content (AvgIpc) is 3.00. The normalized spacial score (nSPS) is 16.1. The quantitative estimate of drug-likeness (QED) is 0.853. The molecule has 1 fully saturated rings. The number of carbonyl (C=O) groups excluding carboxylic acids is 2. The molecule has 0 aliphatic carbocycles. The molecule has 0 aromatic heterocycles. The van der Waals surface area contributed by atoms with E-state index in [-0.39, 0.29) is 30.2 Å². The summed E-state index contributed by atoms with van der Waals surface area (Å²) in [5.41, 5.74) is 1.22. The highest BCUT2D eigenvalue weighted by Crippen LogP contribution is 2.32. The number of cyclic esters (lactones) is 1. The molecule has 148 valence electrons. The minimum Gasteiger partial charge on any atom is -0.442 e. The van der Waals surface area contributed by atoms with Crippen LogP contribution in [0.15, 0.2) is 36.4 Å². The number of rotatable bonds is 5. The van der Waals surface area contributed by atoms with Crippen molar-refractivity contribution in [3.63, 3.8) is 0 Å². The molecule has 1 N–H and O–H groups in total. The van der Waals surface area contributed by atoms with Gasteiger partial charge < -0.3 is 15.0 Å². The minimum absolute atomic E-state index is 0.0685. The summed E-state index contributed by atoms with van der Waals surface area (Å²) < 4.78 is 34.5. The number of benzene rings is 2. The number of ether oxygens (including phenoxy) is 1. The van der Waals surface area contributed by atoms with Gasteiger partial charge in [0.1, 0.15) is 17.7 Å². The van der Waals surface area contributed by atoms with Gasteiger partial charge in [-0.1, -0.05) is 12.1 Å². The Labute approximate surface area is 161 Å². The fourth-order valence-electron chi connectivity index (χ4n) is 3.01. The van der Waals surface area contributed by atoms with Gasteiger partial charge in [-0.25, -0.2) is 13.6 Å². The topological polar surface area (TPSA) is 61.9 Å². The highest BCUT2D eigenvalue weighted by Gasteiger charge is 2.33. The summed E-state index contributed by atoms with van der Waals surface area (Å²) in [6.07, 6.45) is -1.29. The summed E-state index contributed by atoms with van der Waals surface area (Å²) >= 11 is 0. The number of amides is 2. The van der Waals surface area contributed by atoms with Gasteiger partial charge in [0.25, 0.3) is 0 Å². The fourth-order valence-corrected chi connectivity index (χ4v) is 3.01. The maximum absolute atomic E-state index is 14.7. The van der Waals surface area contributed by atoms with Crippen molar-refractivity contribution >= 4 is 23.4 Å². The van der Waals surface area contributed by atoms with Crippen LogP contribution >= 0.6 is 0 Å². The Morgan fingerprint density at radius 3 is 2.36 bits per heavy atom. The molecule has 1 aliphatic heterocycles. The van der Waals surface area contributed by atoms with Crippen LogP contribution in [0.5, 0.6) is 0 Å². The molecule has 2 aromatic rings. The lowest BCUT2D eigenvalue weighted by molar-refractivity contribution is -0.119. The molecule has 1 heterocycles. The predicted molar refractivity (Wildman–Crippen MR) is 102 cm³/mol. The first-order chi connectivity index (χ1) is 13.3. The van der Waals surface area contributed by atoms with Crippen LogP contribution in [0.1, 0.15) is 6.92 Å². The van der Waals surface area contributed by atoms with E-state index in [0.717, 1.165) is 22.7 Å². The lowest BCUT2D eigenvalue weighted by Crippen LogP contribution is -2.33. The number of hydrogen-bond acceptors (Lipinski definition) is 4. The fraction of sp³-hybridized carbons (Fsp3) is 0.300. The van der Waals surface area contributed by atoms with E-state index in [2.05, 4.69) is 5.32 Å². The Balaban J connectivity index is 1.84. The van der Waals surface area contributed by atoms with Crippen molar-refractivity contribution in [1.82, 2.24) is 5.32 Å². The van der Waals surface area contributed by atoms with Crippen molar-refractivity contribution in [3.8, 4) is 11.1 Å². The van der Waals surface area contributed by atoms with Crippen LogP contribution in [0.25, 0.3) is 11.1 Å². The van der Waals surface area contributed by atoms with Crippen LogP contribution in [-0.4, -0.2) is 45.3 Å². The summed E-state index contributed by atoms with van der Waals surface area (Å²) in [7, 11) is 3.75. The van der Waals surface area contributed by atoms with Crippen LogP contribution in [0.2, 0.25) is 0 Å². The summed E-state index contributed by atoms with van der Waals surface area (Å²) in [5.74, 6) is -1.80. The smallest absolute Gasteiger partial charge is 0.414 e. The number of carbonyl (C=O) groups is 2. The van der Waals surface area contributed by atoms with E-state index in [1.165, 1.54) is 6.92 Å². The first kappa shape index (κ1) is 19.6. The molecule has 1 atom stereocenters. The van der Waals surface area contributed by atoms with Crippen LogP contribution < -0.4 is 15.1 Å². The summed E-state index contributed by atoms with van der Waals surface area (Å²) in [4.78, 5) is 26.1. The molecule has 0 radical (unpaired) electrons. The Kier molecular flexibility index (Phi) is 5.48. The monoisotopic (exact) mass is 389 g/mol. The third-order valence-electron chi connectivity index (χ3n) is 4.46. The lowest BCUT2D eigenvalue weighted by atomic mass is 10.0. The zero-order valence-electron chi connectivity index (χ0n) is 15.8. The average molecular weight is 389 g/mol. The van der Waals surface area contributed by atoms with Gasteiger partial charge in [-0.05, 0) is 29.8 Å². The van der Waals surface area contributed by atoms with E-state index < -0.39 is 23.8 Å². The van der Waals surface area contributed by atoms with Crippen LogP contribution in [0.3, 0.4) is 0 Å². The second kappa shape index (κ2) is 7.84. The van der Waals surface area contributed by atoms with Crippen molar-refractivity contribution in [1.29, 1.82) is 0 Å².